The van der Waals surface area contributed by atoms with Crippen LogP contribution < -0.4 is 11.3 Å². The molecule has 0 radical (unpaired) electrons. The molecule has 0 aromatic carbocycles. The molecule has 0 atom stereocenters. The maximum atomic E-state index is 5.20. The summed E-state index contributed by atoms with van der Waals surface area (Å²) < 4.78 is 0. The van der Waals surface area contributed by atoms with Crippen LogP contribution in [0.5, 0.6) is 0 Å². The van der Waals surface area contributed by atoms with Gasteiger partial charge in [0.1, 0.15) is 5.69 Å². The van der Waals surface area contributed by atoms with E-state index in [1.165, 1.54) is 0 Å². The van der Waals surface area contributed by atoms with Crippen LogP contribution in [0.25, 0.3) is 0 Å². The lowest BCUT2D eigenvalue weighted by Crippen LogP contribution is -2.31. The summed E-state index contributed by atoms with van der Waals surface area (Å²) in [6.07, 6.45) is 3.29. The van der Waals surface area contributed by atoms with Gasteiger partial charge in [-0.15, -0.1) is 0 Å². The van der Waals surface area contributed by atoms with Gasteiger partial charge in [0.05, 0.1) is 11.9 Å². The largest absolute Gasteiger partial charge is 0.307 e. The quantitative estimate of drug-likeness (QED) is 0.257. The first-order chi connectivity index (χ1) is 5.77. The van der Waals surface area contributed by atoms with Gasteiger partial charge in [0.2, 0.25) is 0 Å². The Kier molecular flexibility index (Phi) is 2.71. The number of nitrogens with zero attached hydrogens (tertiary/aromatic N) is 3. The van der Waals surface area contributed by atoms with Crippen molar-refractivity contribution in [3.8, 4) is 0 Å². The average molecular weight is 165 g/mol. The van der Waals surface area contributed by atoms with Crippen molar-refractivity contribution in [3.05, 3.63) is 23.8 Å². The molecule has 0 amide bonds. The van der Waals surface area contributed by atoms with Crippen LogP contribution in [0, 0.1) is 6.92 Å². The molecule has 64 valence electrons. The molecular weight excluding hydrogens is 154 g/mol. The van der Waals surface area contributed by atoms with E-state index in [4.69, 9.17) is 5.84 Å². The molecule has 0 aliphatic rings. The summed E-state index contributed by atoms with van der Waals surface area (Å²) in [7, 11) is 1.64. The van der Waals surface area contributed by atoms with Crippen molar-refractivity contribution in [1.29, 1.82) is 0 Å². The number of aliphatic imine (C=N–C) groups is 1. The number of nitrogens with one attached hydrogen (secondary N) is 1. The van der Waals surface area contributed by atoms with Crippen molar-refractivity contribution in [2.24, 2.45) is 10.8 Å². The van der Waals surface area contributed by atoms with Crippen LogP contribution in [0.4, 0.5) is 0 Å². The van der Waals surface area contributed by atoms with E-state index < -0.39 is 0 Å². The van der Waals surface area contributed by atoms with Crippen molar-refractivity contribution >= 4 is 5.84 Å². The van der Waals surface area contributed by atoms with Crippen LogP contribution >= 0.6 is 0 Å². The molecule has 0 aliphatic heterocycles. The third-order valence-electron chi connectivity index (χ3n) is 1.38. The van der Waals surface area contributed by atoms with E-state index in [1.54, 1.807) is 19.4 Å². The Morgan fingerprint density at radius 1 is 1.50 bits per heavy atom. The normalized spacial score (nSPS) is 11.4. The number of aromatic nitrogens is 2. The second-order valence-corrected chi connectivity index (χ2v) is 2.26. The average Bonchev–Trinajstić information content (AvgIpc) is 2.10. The van der Waals surface area contributed by atoms with E-state index in [-0.39, 0.29) is 0 Å². The number of aryl methyl sites for hydroxylation is 1. The summed E-state index contributed by atoms with van der Waals surface area (Å²) in [5.74, 6) is 5.73. The van der Waals surface area contributed by atoms with E-state index in [9.17, 15) is 0 Å². The SMILES string of the molecule is CN=C(NN)c1cnc(C)cn1. The van der Waals surface area contributed by atoms with Gasteiger partial charge in [-0.3, -0.25) is 9.98 Å². The number of nitrogens with two attached hydrogens (primary N) is 1. The highest BCUT2D eigenvalue weighted by Crippen LogP contribution is 1.93. The van der Waals surface area contributed by atoms with E-state index in [1.807, 2.05) is 6.92 Å². The number of rotatable bonds is 1. The summed E-state index contributed by atoms with van der Waals surface area (Å²) in [6.45, 7) is 1.87. The van der Waals surface area contributed by atoms with Gasteiger partial charge in [-0.25, -0.2) is 10.8 Å². The summed E-state index contributed by atoms with van der Waals surface area (Å²) in [4.78, 5) is 12.0. The lowest BCUT2D eigenvalue weighted by Gasteiger charge is -2.02. The van der Waals surface area contributed by atoms with Crippen molar-refractivity contribution in [3.63, 3.8) is 0 Å². The molecule has 0 fully saturated rings. The molecule has 1 rings (SSSR count). The molecule has 5 heteroatoms. The monoisotopic (exact) mass is 165 g/mol. The Labute approximate surface area is 70.7 Å². The second-order valence-electron chi connectivity index (χ2n) is 2.26. The van der Waals surface area contributed by atoms with Crippen molar-refractivity contribution in [1.82, 2.24) is 15.4 Å². The minimum Gasteiger partial charge on any atom is -0.307 e. The van der Waals surface area contributed by atoms with Crippen LogP contribution in [-0.4, -0.2) is 22.9 Å². The first-order valence-corrected chi connectivity index (χ1v) is 3.50. The summed E-state index contributed by atoms with van der Waals surface area (Å²) in [5, 5.41) is 0. The fourth-order valence-electron chi connectivity index (χ4n) is 0.768. The van der Waals surface area contributed by atoms with Crippen LogP contribution in [-0.2, 0) is 0 Å². The third kappa shape index (κ3) is 1.76. The topological polar surface area (TPSA) is 76.2 Å². The third-order valence-corrected chi connectivity index (χ3v) is 1.38. The van der Waals surface area contributed by atoms with Crippen molar-refractivity contribution in [2.45, 2.75) is 6.92 Å². The zero-order chi connectivity index (χ0) is 8.97. The fraction of sp³-hybridized carbons (Fsp3) is 0.286. The summed E-state index contributed by atoms with van der Waals surface area (Å²) in [5.41, 5.74) is 3.95. The fourth-order valence-corrected chi connectivity index (χ4v) is 0.768. The smallest absolute Gasteiger partial charge is 0.162 e. The van der Waals surface area contributed by atoms with E-state index in [0.29, 0.717) is 11.5 Å². The van der Waals surface area contributed by atoms with Crippen LogP contribution in [0.1, 0.15) is 11.4 Å². The van der Waals surface area contributed by atoms with Crippen molar-refractivity contribution in [2.75, 3.05) is 7.05 Å². The van der Waals surface area contributed by atoms with Gasteiger partial charge in [0.25, 0.3) is 0 Å². The number of amidine groups is 1. The van der Waals surface area contributed by atoms with Gasteiger partial charge >= 0.3 is 0 Å². The Morgan fingerprint density at radius 3 is 2.67 bits per heavy atom. The Hall–Kier alpha value is -1.49. The predicted octanol–water partition coefficient (Wildman–Crippen LogP) is -0.375. The van der Waals surface area contributed by atoms with Crippen LogP contribution in [0.3, 0.4) is 0 Å². The summed E-state index contributed by atoms with van der Waals surface area (Å²) in [6, 6.07) is 0. The van der Waals surface area contributed by atoms with Gasteiger partial charge in [-0.2, -0.15) is 0 Å². The number of hydrogen-bond donors (Lipinski definition) is 2. The van der Waals surface area contributed by atoms with Crippen LogP contribution in [0.15, 0.2) is 17.4 Å². The molecule has 0 bridgehead atoms. The molecule has 12 heavy (non-hydrogen) atoms. The standard InChI is InChI=1S/C7H11N5/c1-5-3-11-6(4-10-5)7(9-2)12-8/h3-4H,8H2,1-2H3,(H,9,12). The Bertz CT molecular complexity index is 276. The predicted molar refractivity (Wildman–Crippen MR) is 46.6 cm³/mol. The maximum Gasteiger partial charge on any atom is 0.162 e. The Morgan fingerprint density at radius 2 is 2.25 bits per heavy atom. The molecule has 5 nitrogen and oxygen atoms in total. The minimum atomic E-state index is 0.530. The lowest BCUT2D eigenvalue weighted by atomic mass is 10.4. The highest BCUT2D eigenvalue weighted by Gasteiger charge is 2.00. The maximum absolute atomic E-state index is 5.20. The van der Waals surface area contributed by atoms with E-state index >= 15 is 0 Å². The molecule has 1 aromatic rings. The molecule has 3 N–H and O–H groups in total. The number of hydrogen-bond acceptors (Lipinski definition) is 4. The first-order valence-electron chi connectivity index (χ1n) is 3.50. The molecule has 0 saturated carbocycles. The molecule has 1 heterocycles. The van der Waals surface area contributed by atoms with E-state index in [0.717, 1.165) is 5.69 Å². The van der Waals surface area contributed by atoms with Gasteiger partial charge in [0, 0.05) is 13.2 Å². The molecule has 0 unspecified atom stereocenters. The highest BCUT2D eigenvalue weighted by atomic mass is 15.3. The molecule has 0 saturated heterocycles. The van der Waals surface area contributed by atoms with Gasteiger partial charge in [0.15, 0.2) is 5.84 Å². The minimum absolute atomic E-state index is 0.530. The van der Waals surface area contributed by atoms with Crippen molar-refractivity contribution < 1.29 is 0 Å². The van der Waals surface area contributed by atoms with Gasteiger partial charge < -0.3 is 5.43 Å². The highest BCUT2D eigenvalue weighted by molar-refractivity contribution is 5.96. The zero-order valence-electron chi connectivity index (χ0n) is 7.07. The van der Waals surface area contributed by atoms with E-state index in [2.05, 4.69) is 20.4 Å². The second kappa shape index (κ2) is 3.77. The zero-order valence-corrected chi connectivity index (χ0v) is 7.07. The van der Waals surface area contributed by atoms with Gasteiger partial charge in [-0.1, -0.05) is 0 Å². The Balaban J connectivity index is 2.96. The molecule has 0 aliphatic carbocycles. The first kappa shape index (κ1) is 8.61. The summed E-state index contributed by atoms with van der Waals surface area (Å²) >= 11 is 0. The molecular formula is C7H11N5. The van der Waals surface area contributed by atoms with Crippen LogP contribution in [0.2, 0.25) is 0 Å². The van der Waals surface area contributed by atoms with Gasteiger partial charge in [-0.05, 0) is 6.92 Å². The lowest BCUT2D eigenvalue weighted by molar-refractivity contribution is 0.992. The molecule has 0 spiro atoms. The molecule has 1 aromatic heterocycles. The number of hydrazine groups is 1.